The van der Waals surface area contributed by atoms with Gasteiger partial charge in [-0.15, -0.1) is 0 Å². The molecule has 0 aliphatic carbocycles. The quantitative estimate of drug-likeness (QED) is 0.342. The molecule has 2 nitrogen and oxygen atoms in total. The fourth-order valence-corrected chi connectivity index (χ4v) is 2.91. The van der Waals surface area contributed by atoms with Crippen molar-refractivity contribution in [3.8, 4) is 11.3 Å². The fourth-order valence-electron chi connectivity index (χ4n) is 2.91. The summed E-state index contributed by atoms with van der Waals surface area (Å²) in [5, 5.41) is 3.13. The molecule has 1 aromatic heterocycles. The summed E-state index contributed by atoms with van der Waals surface area (Å²) in [5.74, 6) is 0. The van der Waals surface area contributed by atoms with E-state index in [0.29, 0.717) is 31.5 Å². The van der Waals surface area contributed by atoms with E-state index in [2.05, 4.69) is 10.3 Å². The van der Waals surface area contributed by atoms with Gasteiger partial charge in [-0.3, -0.25) is 4.39 Å². The Morgan fingerprint density at radius 3 is 2.03 bits per heavy atom. The molecule has 166 valence electrons. The predicted octanol–water partition coefficient (Wildman–Crippen LogP) is 6.45. The van der Waals surface area contributed by atoms with Crippen LogP contribution in [0.4, 0.5) is 30.7 Å². The minimum atomic E-state index is -4.67. The Kier molecular flexibility index (Phi) is 8.64. The Morgan fingerprint density at radius 1 is 0.767 bits per heavy atom. The topological polar surface area (TPSA) is 24.9 Å². The molecule has 0 saturated heterocycles. The van der Waals surface area contributed by atoms with Crippen LogP contribution >= 0.6 is 0 Å². The molecule has 0 atom stereocenters. The maximum Gasteiger partial charge on any atom is 0.433 e. The number of nitrogens with zero attached hydrogens (tertiary/aromatic N) is 1. The van der Waals surface area contributed by atoms with E-state index in [9.17, 15) is 30.7 Å². The molecule has 2 rings (SSSR count). The standard InChI is InChI=1S/C21H23F7N2/c22-10-3-1-2-4-11-29-12-9-15-13-18(30-19(14-15)21(26,27)28)16-5-7-17(8-6-16)20(23,24)25/h5-8,13-14,29H,1-4,9-12H2. The second kappa shape index (κ2) is 10.7. The van der Waals surface area contributed by atoms with Crippen molar-refractivity contribution in [2.75, 3.05) is 19.8 Å². The first-order chi connectivity index (χ1) is 14.1. The van der Waals surface area contributed by atoms with Gasteiger partial charge in [0.05, 0.1) is 17.9 Å². The van der Waals surface area contributed by atoms with Gasteiger partial charge in [0.1, 0.15) is 5.69 Å². The zero-order valence-electron chi connectivity index (χ0n) is 16.2. The van der Waals surface area contributed by atoms with Crippen LogP contribution in [-0.4, -0.2) is 24.7 Å². The van der Waals surface area contributed by atoms with Crippen LogP contribution in [0.1, 0.15) is 42.5 Å². The second-order valence-electron chi connectivity index (χ2n) is 6.92. The van der Waals surface area contributed by atoms with Gasteiger partial charge in [-0.1, -0.05) is 25.0 Å². The van der Waals surface area contributed by atoms with E-state index in [1.165, 1.54) is 6.07 Å². The summed E-state index contributed by atoms with van der Waals surface area (Å²) < 4.78 is 89.8. The van der Waals surface area contributed by atoms with Crippen molar-refractivity contribution >= 4 is 0 Å². The Balaban J connectivity index is 2.08. The SMILES string of the molecule is FCCCCCCNCCc1cc(-c2ccc(C(F)(F)F)cc2)nc(C(F)(F)F)c1. The van der Waals surface area contributed by atoms with E-state index < -0.39 is 23.6 Å². The average molecular weight is 436 g/mol. The number of hydrogen-bond donors (Lipinski definition) is 1. The lowest BCUT2D eigenvalue weighted by Crippen LogP contribution is -2.19. The maximum absolute atomic E-state index is 13.2. The van der Waals surface area contributed by atoms with Gasteiger partial charge in [-0.25, -0.2) is 4.98 Å². The molecule has 1 aromatic carbocycles. The molecule has 0 fully saturated rings. The summed E-state index contributed by atoms with van der Waals surface area (Å²) in [5.41, 5.74) is -1.43. The molecule has 0 radical (unpaired) electrons. The normalized spacial score (nSPS) is 12.4. The van der Waals surface area contributed by atoms with Crippen LogP contribution in [-0.2, 0) is 18.8 Å². The molecule has 0 unspecified atom stereocenters. The van der Waals surface area contributed by atoms with E-state index in [0.717, 1.165) is 49.6 Å². The maximum atomic E-state index is 13.2. The molecule has 0 aliphatic heterocycles. The molecule has 0 amide bonds. The molecule has 1 N–H and O–H groups in total. The number of pyridine rings is 1. The number of aromatic nitrogens is 1. The van der Waals surface area contributed by atoms with Gasteiger partial charge in [-0.2, -0.15) is 26.3 Å². The third-order valence-corrected chi connectivity index (χ3v) is 4.51. The van der Waals surface area contributed by atoms with Gasteiger partial charge in [0.25, 0.3) is 0 Å². The molecule has 0 spiro atoms. The third-order valence-electron chi connectivity index (χ3n) is 4.51. The molecule has 0 bridgehead atoms. The molecular weight excluding hydrogens is 413 g/mol. The van der Waals surface area contributed by atoms with E-state index >= 15 is 0 Å². The molecule has 0 aliphatic rings. The van der Waals surface area contributed by atoms with Gasteiger partial charge in [0, 0.05) is 5.56 Å². The van der Waals surface area contributed by atoms with Crippen LogP contribution < -0.4 is 5.32 Å². The highest BCUT2D eigenvalue weighted by Crippen LogP contribution is 2.33. The summed E-state index contributed by atoms with van der Waals surface area (Å²) in [6.45, 7) is 0.782. The first kappa shape index (κ1) is 24.1. The van der Waals surface area contributed by atoms with Crippen LogP contribution in [0.15, 0.2) is 36.4 Å². The van der Waals surface area contributed by atoms with Crippen LogP contribution in [0.5, 0.6) is 0 Å². The van der Waals surface area contributed by atoms with E-state index in [1.807, 2.05) is 0 Å². The van der Waals surface area contributed by atoms with E-state index in [-0.39, 0.29) is 17.9 Å². The highest BCUT2D eigenvalue weighted by Gasteiger charge is 2.33. The van der Waals surface area contributed by atoms with Crippen LogP contribution in [0.25, 0.3) is 11.3 Å². The van der Waals surface area contributed by atoms with Gasteiger partial charge >= 0.3 is 12.4 Å². The minimum absolute atomic E-state index is 0.0280. The largest absolute Gasteiger partial charge is 0.433 e. The second-order valence-corrected chi connectivity index (χ2v) is 6.92. The van der Waals surface area contributed by atoms with Crippen molar-refractivity contribution in [2.24, 2.45) is 0 Å². The van der Waals surface area contributed by atoms with E-state index in [4.69, 9.17) is 0 Å². The molecule has 1 heterocycles. The Bertz CT molecular complexity index is 783. The number of nitrogens with one attached hydrogen (secondary N) is 1. The minimum Gasteiger partial charge on any atom is -0.316 e. The summed E-state index contributed by atoms with van der Waals surface area (Å²) in [6.07, 6.45) is -5.83. The van der Waals surface area contributed by atoms with Crippen molar-refractivity contribution in [3.63, 3.8) is 0 Å². The Hall–Kier alpha value is -2.16. The van der Waals surface area contributed by atoms with Crippen LogP contribution in [0, 0.1) is 0 Å². The number of rotatable bonds is 10. The zero-order valence-corrected chi connectivity index (χ0v) is 16.2. The third kappa shape index (κ3) is 7.59. The first-order valence-electron chi connectivity index (χ1n) is 9.64. The van der Waals surface area contributed by atoms with Crippen molar-refractivity contribution < 1.29 is 30.7 Å². The molecule has 0 saturated carbocycles. The van der Waals surface area contributed by atoms with Crippen molar-refractivity contribution in [1.29, 1.82) is 0 Å². The highest BCUT2D eigenvalue weighted by molar-refractivity contribution is 5.61. The molecule has 2 aromatic rings. The summed E-state index contributed by atoms with van der Waals surface area (Å²) in [4.78, 5) is 3.60. The molecule has 30 heavy (non-hydrogen) atoms. The lowest BCUT2D eigenvalue weighted by molar-refractivity contribution is -0.141. The van der Waals surface area contributed by atoms with Gasteiger partial charge in [0.15, 0.2) is 0 Å². The highest BCUT2D eigenvalue weighted by atomic mass is 19.4. The van der Waals surface area contributed by atoms with Gasteiger partial charge in [-0.05, 0) is 62.2 Å². The van der Waals surface area contributed by atoms with Gasteiger partial charge < -0.3 is 5.32 Å². The summed E-state index contributed by atoms with van der Waals surface area (Å²) >= 11 is 0. The number of alkyl halides is 7. The number of benzene rings is 1. The average Bonchev–Trinajstić information content (AvgIpc) is 2.68. The number of halogens is 7. The smallest absolute Gasteiger partial charge is 0.316 e. The Labute approximate surface area is 170 Å². The Morgan fingerprint density at radius 2 is 1.43 bits per heavy atom. The van der Waals surface area contributed by atoms with Crippen LogP contribution in [0.2, 0.25) is 0 Å². The lowest BCUT2D eigenvalue weighted by Gasteiger charge is -2.13. The van der Waals surface area contributed by atoms with Crippen LogP contribution in [0.3, 0.4) is 0 Å². The van der Waals surface area contributed by atoms with E-state index in [1.54, 1.807) is 0 Å². The zero-order chi connectivity index (χ0) is 22.2. The van der Waals surface area contributed by atoms with Crippen molar-refractivity contribution in [2.45, 2.75) is 44.5 Å². The molecular formula is C21H23F7N2. The molecule has 9 heteroatoms. The number of unbranched alkanes of at least 4 members (excludes halogenated alkanes) is 3. The lowest BCUT2D eigenvalue weighted by atomic mass is 10.0. The van der Waals surface area contributed by atoms with Crippen molar-refractivity contribution in [3.05, 3.63) is 53.2 Å². The number of hydrogen-bond acceptors (Lipinski definition) is 2. The first-order valence-corrected chi connectivity index (χ1v) is 9.64. The summed E-state index contributed by atoms with van der Waals surface area (Å²) in [6, 6.07) is 6.29. The summed E-state index contributed by atoms with van der Waals surface area (Å²) in [7, 11) is 0. The fraction of sp³-hybridized carbons (Fsp3) is 0.476. The van der Waals surface area contributed by atoms with Gasteiger partial charge in [0.2, 0.25) is 0 Å². The monoisotopic (exact) mass is 436 g/mol. The van der Waals surface area contributed by atoms with Crippen molar-refractivity contribution in [1.82, 2.24) is 10.3 Å². The predicted molar refractivity (Wildman–Crippen MR) is 101 cm³/mol.